The van der Waals surface area contributed by atoms with E-state index in [1.54, 1.807) is 29.2 Å². The fourth-order valence-corrected chi connectivity index (χ4v) is 2.64. The zero-order chi connectivity index (χ0) is 13.8. The van der Waals surface area contributed by atoms with Gasteiger partial charge in [0, 0.05) is 17.6 Å². The molecule has 19 heavy (non-hydrogen) atoms. The van der Waals surface area contributed by atoms with Crippen molar-refractivity contribution in [3.63, 3.8) is 0 Å². The summed E-state index contributed by atoms with van der Waals surface area (Å²) in [6.07, 6.45) is 3.13. The summed E-state index contributed by atoms with van der Waals surface area (Å²) in [7, 11) is 0. The molecule has 3 amide bonds. The first-order chi connectivity index (χ1) is 9.09. The molecule has 1 aromatic rings. The number of nitrogens with zero attached hydrogens (tertiary/aromatic N) is 1. The molecule has 102 valence electrons. The van der Waals surface area contributed by atoms with E-state index >= 15 is 0 Å². The minimum absolute atomic E-state index is 0.187. The minimum atomic E-state index is -0.337. The van der Waals surface area contributed by atoms with Gasteiger partial charge in [-0.3, -0.25) is 10.1 Å². The van der Waals surface area contributed by atoms with Gasteiger partial charge in [-0.25, -0.2) is 4.79 Å². The lowest BCUT2D eigenvalue weighted by Gasteiger charge is -2.38. The molecule has 1 N–H and O–H groups in total. The molecule has 1 fully saturated rings. The maximum Gasteiger partial charge on any atom is 0.324 e. The molecule has 0 saturated carbocycles. The Labute approximate surface area is 113 Å². The molecule has 0 bridgehead atoms. The van der Waals surface area contributed by atoms with E-state index < -0.39 is 0 Å². The number of amides is 3. The average molecular weight is 260 g/mol. The predicted octanol–water partition coefficient (Wildman–Crippen LogP) is 2.80. The van der Waals surface area contributed by atoms with E-state index in [1.165, 1.54) is 0 Å². The van der Waals surface area contributed by atoms with Crippen LogP contribution in [-0.4, -0.2) is 28.9 Å². The number of urea groups is 1. The molecule has 1 saturated heterocycles. The summed E-state index contributed by atoms with van der Waals surface area (Å²) in [6.45, 7) is 4.06. The van der Waals surface area contributed by atoms with Gasteiger partial charge >= 0.3 is 6.03 Å². The quantitative estimate of drug-likeness (QED) is 0.844. The van der Waals surface area contributed by atoms with Gasteiger partial charge in [-0.1, -0.05) is 18.2 Å². The van der Waals surface area contributed by atoms with E-state index in [9.17, 15) is 9.59 Å². The highest BCUT2D eigenvalue weighted by molar-refractivity contribution is 6.04. The largest absolute Gasteiger partial charge is 0.324 e. The van der Waals surface area contributed by atoms with Crippen LogP contribution >= 0.6 is 0 Å². The van der Waals surface area contributed by atoms with E-state index in [4.69, 9.17) is 0 Å². The molecule has 0 radical (unpaired) electrons. The van der Waals surface area contributed by atoms with Crippen molar-refractivity contribution in [3.8, 4) is 0 Å². The van der Waals surface area contributed by atoms with Crippen LogP contribution < -0.4 is 5.32 Å². The molecule has 0 aromatic heterocycles. The third-order valence-corrected chi connectivity index (χ3v) is 3.68. The van der Waals surface area contributed by atoms with Gasteiger partial charge in [0.15, 0.2) is 0 Å². The van der Waals surface area contributed by atoms with Crippen molar-refractivity contribution in [2.45, 2.75) is 45.2 Å². The molecular weight excluding hydrogens is 240 g/mol. The number of nitrogens with one attached hydrogen (secondary N) is 1. The normalized spacial score (nSPS) is 22.9. The molecular formula is C15H20N2O2. The van der Waals surface area contributed by atoms with Crippen LogP contribution in [0.3, 0.4) is 0 Å². The van der Waals surface area contributed by atoms with Gasteiger partial charge in [-0.15, -0.1) is 0 Å². The maximum atomic E-state index is 12.2. The summed E-state index contributed by atoms with van der Waals surface area (Å²) in [4.78, 5) is 25.9. The lowest BCUT2D eigenvalue weighted by atomic mass is 9.98. The fourth-order valence-electron chi connectivity index (χ4n) is 2.64. The Morgan fingerprint density at radius 3 is 2.26 bits per heavy atom. The molecule has 2 rings (SSSR count). The van der Waals surface area contributed by atoms with E-state index in [1.807, 2.05) is 19.9 Å². The molecule has 0 spiro atoms. The second-order valence-corrected chi connectivity index (χ2v) is 5.16. The van der Waals surface area contributed by atoms with Crippen molar-refractivity contribution in [1.82, 2.24) is 10.2 Å². The first kappa shape index (κ1) is 13.6. The number of benzene rings is 1. The smallest absolute Gasteiger partial charge is 0.319 e. The molecule has 2 atom stereocenters. The molecule has 1 heterocycles. The Hall–Kier alpha value is -1.84. The molecule has 4 nitrogen and oxygen atoms in total. The summed E-state index contributed by atoms with van der Waals surface area (Å²) in [5.74, 6) is -0.337. The van der Waals surface area contributed by atoms with E-state index in [0.29, 0.717) is 5.56 Å². The summed E-state index contributed by atoms with van der Waals surface area (Å²) < 4.78 is 0. The standard InChI is InChI=1S/C15H20N2O2/c1-11-7-6-8-12(2)17(11)15(19)16-14(18)13-9-4-3-5-10-13/h3-5,9-12H,6-8H2,1-2H3,(H,16,18,19). The molecule has 4 heteroatoms. The van der Waals surface area contributed by atoms with Crippen molar-refractivity contribution >= 4 is 11.9 Å². The van der Waals surface area contributed by atoms with Crippen LogP contribution in [0.1, 0.15) is 43.5 Å². The van der Waals surface area contributed by atoms with Gasteiger partial charge < -0.3 is 4.90 Å². The maximum absolute atomic E-state index is 12.2. The van der Waals surface area contributed by atoms with E-state index in [-0.39, 0.29) is 24.0 Å². The number of likely N-dealkylation sites (tertiary alicyclic amines) is 1. The summed E-state index contributed by atoms with van der Waals surface area (Å²) in [5.41, 5.74) is 0.508. The van der Waals surface area contributed by atoms with Gasteiger partial charge in [0.25, 0.3) is 5.91 Å². The molecule has 1 aliphatic rings. The van der Waals surface area contributed by atoms with Crippen LogP contribution in [0.4, 0.5) is 4.79 Å². The first-order valence-corrected chi connectivity index (χ1v) is 6.78. The van der Waals surface area contributed by atoms with Crippen molar-refractivity contribution in [2.24, 2.45) is 0 Å². The monoisotopic (exact) mass is 260 g/mol. The van der Waals surface area contributed by atoms with Crippen LogP contribution in [0.5, 0.6) is 0 Å². The lowest BCUT2D eigenvalue weighted by molar-refractivity contribution is 0.0908. The van der Waals surface area contributed by atoms with Gasteiger partial charge in [0.05, 0.1) is 0 Å². The number of hydrogen-bond acceptors (Lipinski definition) is 2. The summed E-state index contributed by atoms with van der Waals surface area (Å²) in [6, 6.07) is 8.90. The van der Waals surface area contributed by atoms with Crippen LogP contribution in [0.15, 0.2) is 30.3 Å². The van der Waals surface area contributed by atoms with Crippen LogP contribution in [0.2, 0.25) is 0 Å². The van der Waals surface area contributed by atoms with Gasteiger partial charge in [0.1, 0.15) is 0 Å². The lowest BCUT2D eigenvalue weighted by Crippen LogP contribution is -2.53. The highest BCUT2D eigenvalue weighted by atomic mass is 16.2. The van der Waals surface area contributed by atoms with Crippen molar-refractivity contribution in [2.75, 3.05) is 0 Å². The van der Waals surface area contributed by atoms with E-state index in [0.717, 1.165) is 19.3 Å². The second kappa shape index (κ2) is 5.87. The molecule has 2 unspecified atom stereocenters. The van der Waals surface area contributed by atoms with Gasteiger partial charge in [0.2, 0.25) is 0 Å². The number of carbonyl (C=O) groups excluding carboxylic acids is 2. The third-order valence-electron chi connectivity index (χ3n) is 3.68. The van der Waals surface area contributed by atoms with E-state index in [2.05, 4.69) is 5.32 Å². The predicted molar refractivity (Wildman–Crippen MR) is 73.9 cm³/mol. The van der Waals surface area contributed by atoms with Gasteiger partial charge in [-0.2, -0.15) is 0 Å². The Bertz CT molecular complexity index is 448. The zero-order valence-corrected chi connectivity index (χ0v) is 11.4. The zero-order valence-electron chi connectivity index (χ0n) is 11.4. The summed E-state index contributed by atoms with van der Waals surface area (Å²) >= 11 is 0. The molecule has 0 aliphatic carbocycles. The van der Waals surface area contributed by atoms with Crippen LogP contribution in [0.25, 0.3) is 0 Å². The Kier molecular flexibility index (Phi) is 4.20. The number of imide groups is 1. The minimum Gasteiger partial charge on any atom is -0.319 e. The highest BCUT2D eigenvalue weighted by Crippen LogP contribution is 2.22. The SMILES string of the molecule is CC1CCCC(C)N1C(=O)NC(=O)c1ccccc1. The Morgan fingerprint density at radius 2 is 1.68 bits per heavy atom. The van der Waals surface area contributed by atoms with Crippen molar-refractivity contribution < 1.29 is 9.59 Å². The van der Waals surface area contributed by atoms with Crippen molar-refractivity contribution in [1.29, 1.82) is 0 Å². The number of piperidine rings is 1. The topological polar surface area (TPSA) is 49.4 Å². The van der Waals surface area contributed by atoms with Gasteiger partial charge in [-0.05, 0) is 45.2 Å². The fraction of sp³-hybridized carbons (Fsp3) is 0.467. The number of rotatable bonds is 1. The Morgan fingerprint density at radius 1 is 1.11 bits per heavy atom. The third kappa shape index (κ3) is 3.13. The molecule has 1 aromatic carbocycles. The highest BCUT2D eigenvalue weighted by Gasteiger charge is 2.29. The number of carbonyl (C=O) groups is 2. The van der Waals surface area contributed by atoms with Crippen molar-refractivity contribution in [3.05, 3.63) is 35.9 Å². The Balaban J connectivity index is 2.02. The first-order valence-electron chi connectivity index (χ1n) is 6.78. The molecule has 1 aliphatic heterocycles. The van der Waals surface area contributed by atoms with Crippen LogP contribution in [0, 0.1) is 0 Å². The average Bonchev–Trinajstić information content (AvgIpc) is 2.39. The number of hydrogen-bond donors (Lipinski definition) is 1. The van der Waals surface area contributed by atoms with Crippen LogP contribution in [-0.2, 0) is 0 Å². The second-order valence-electron chi connectivity index (χ2n) is 5.16. The summed E-state index contributed by atoms with van der Waals surface area (Å²) in [5, 5.41) is 2.47.